The lowest BCUT2D eigenvalue weighted by molar-refractivity contribution is 0.921. The fourth-order valence-electron chi connectivity index (χ4n) is 2.40. The molecule has 3 rings (SSSR count). The van der Waals surface area contributed by atoms with E-state index in [2.05, 4.69) is 57.0 Å². The van der Waals surface area contributed by atoms with E-state index in [1.54, 1.807) is 12.3 Å². The van der Waals surface area contributed by atoms with Crippen LogP contribution in [-0.2, 0) is 13.0 Å². The van der Waals surface area contributed by atoms with Crippen molar-refractivity contribution in [3.8, 4) is 0 Å². The summed E-state index contributed by atoms with van der Waals surface area (Å²) >= 11 is 12.1. The lowest BCUT2D eigenvalue weighted by Crippen LogP contribution is -2.11. The van der Waals surface area contributed by atoms with Crippen LogP contribution in [0.3, 0.4) is 0 Å². The maximum atomic E-state index is 6.18. The van der Waals surface area contributed by atoms with Crippen molar-refractivity contribution in [3.63, 3.8) is 0 Å². The van der Waals surface area contributed by atoms with Gasteiger partial charge in [0.25, 0.3) is 0 Å². The van der Waals surface area contributed by atoms with E-state index < -0.39 is 0 Å². The molecule has 0 aliphatic rings. The molecule has 0 saturated carbocycles. The third-order valence-corrected chi connectivity index (χ3v) is 4.43. The molecule has 0 unspecified atom stereocenters. The van der Waals surface area contributed by atoms with E-state index >= 15 is 0 Å². The molecule has 0 atom stereocenters. The zero-order valence-corrected chi connectivity index (χ0v) is 15.8. The number of aryl methyl sites for hydroxylation is 1. The van der Waals surface area contributed by atoms with Crippen molar-refractivity contribution in [1.82, 2.24) is 15.2 Å². The molecule has 7 heteroatoms. The van der Waals surface area contributed by atoms with Crippen molar-refractivity contribution < 1.29 is 0 Å². The molecule has 1 heterocycles. The van der Waals surface area contributed by atoms with Crippen LogP contribution < -0.4 is 10.6 Å². The summed E-state index contributed by atoms with van der Waals surface area (Å²) in [5.41, 5.74) is 3.44. The first-order chi connectivity index (χ1) is 12.6. The molecule has 0 radical (unpaired) electrons. The van der Waals surface area contributed by atoms with Crippen molar-refractivity contribution in [2.24, 2.45) is 0 Å². The minimum atomic E-state index is 0.476. The summed E-state index contributed by atoms with van der Waals surface area (Å²) in [6.07, 6.45) is 2.34. The second-order valence-electron chi connectivity index (χ2n) is 5.92. The van der Waals surface area contributed by atoms with E-state index in [0.29, 0.717) is 34.9 Å². The number of benzene rings is 2. The number of hydrogen-bond donors (Lipinski definition) is 2. The third-order valence-electron chi connectivity index (χ3n) is 3.85. The fraction of sp³-hybridized carbons (Fsp3) is 0.211. The first-order valence-corrected chi connectivity index (χ1v) is 9.03. The Kier molecular flexibility index (Phi) is 6.26. The van der Waals surface area contributed by atoms with Crippen LogP contribution in [0.4, 0.5) is 11.8 Å². The quantitative estimate of drug-likeness (QED) is 0.612. The Bertz CT molecular complexity index is 868. The minimum absolute atomic E-state index is 0.476. The van der Waals surface area contributed by atoms with Gasteiger partial charge >= 0.3 is 0 Å². The molecule has 26 heavy (non-hydrogen) atoms. The summed E-state index contributed by atoms with van der Waals surface area (Å²) < 4.78 is 0. The van der Waals surface area contributed by atoms with Gasteiger partial charge in [-0.2, -0.15) is 10.1 Å². The topological polar surface area (TPSA) is 62.7 Å². The van der Waals surface area contributed by atoms with E-state index in [9.17, 15) is 0 Å². The lowest BCUT2D eigenvalue weighted by Gasteiger charge is -2.09. The highest BCUT2D eigenvalue weighted by atomic mass is 35.5. The summed E-state index contributed by atoms with van der Waals surface area (Å²) in [7, 11) is 0. The monoisotopic (exact) mass is 387 g/mol. The van der Waals surface area contributed by atoms with Gasteiger partial charge in [0.05, 0.1) is 6.20 Å². The van der Waals surface area contributed by atoms with Crippen LogP contribution >= 0.6 is 23.2 Å². The summed E-state index contributed by atoms with van der Waals surface area (Å²) in [6, 6.07) is 13.8. The molecule has 3 aromatic rings. The number of halogens is 2. The molecule has 5 nitrogen and oxygen atoms in total. The standard InChI is InChI=1S/C19H19Cl2N5/c1-13-2-4-14(5-3-13)11-23-18-12-24-26-19(25-18)22-9-8-15-6-7-16(20)10-17(15)21/h2-7,10,12H,8-9,11H2,1H3,(H2,22,23,25,26). The molecule has 0 spiro atoms. The SMILES string of the molecule is Cc1ccc(CNc2cnnc(NCCc3ccc(Cl)cc3Cl)n2)cc1. The molecule has 2 aromatic carbocycles. The maximum Gasteiger partial charge on any atom is 0.244 e. The van der Waals surface area contributed by atoms with Gasteiger partial charge in [-0.3, -0.25) is 0 Å². The molecule has 1 aromatic heterocycles. The Hall–Kier alpha value is -2.37. The van der Waals surface area contributed by atoms with Gasteiger partial charge in [0.15, 0.2) is 5.82 Å². The van der Waals surface area contributed by atoms with Gasteiger partial charge in [-0.25, -0.2) is 0 Å². The third kappa shape index (κ3) is 5.31. The van der Waals surface area contributed by atoms with E-state index in [1.165, 1.54) is 11.1 Å². The summed E-state index contributed by atoms with van der Waals surface area (Å²) in [4.78, 5) is 4.42. The fourth-order valence-corrected chi connectivity index (χ4v) is 2.90. The predicted octanol–water partition coefficient (Wildman–Crippen LogP) is 4.75. The van der Waals surface area contributed by atoms with Crippen molar-refractivity contribution in [2.45, 2.75) is 19.9 Å². The Labute approximate surface area is 162 Å². The molecular formula is C19H19Cl2N5. The number of nitrogens with one attached hydrogen (secondary N) is 2. The molecule has 0 bridgehead atoms. The van der Waals surface area contributed by atoms with E-state index in [1.807, 2.05) is 12.1 Å². The van der Waals surface area contributed by atoms with Crippen molar-refractivity contribution >= 4 is 35.0 Å². The lowest BCUT2D eigenvalue weighted by atomic mass is 10.1. The average molecular weight is 388 g/mol. The molecule has 0 aliphatic carbocycles. The first kappa shape index (κ1) is 18.4. The highest BCUT2D eigenvalue weighted by molar-refractivity contribution is 6.35. The van der Waals surface area contributed by atoms with Crippen molar-refractivity contribution in [2.75, 3.05) is 17.2 Å². The average Bonchev–Trinajstić information content (AvgIpc) is 2.63. The van der Waals surface area contributed by atoms with E-state index in [-0.39, 0.29) is 0 Å². The normalized spacial score (nSPS) is 10.6. The first-order valence-electron chi connectivity index (χ1n) is 8.27. The van der Waals surface area contributed by atoms with Crippen LogP contribution in [0.1, 0.15) is 16.7 Å². The number of rotatable bonds is 7. The smallest absolute Gasteiger partial charge is 0.244 e. The molecule has 0 aliphatic heterocycles. The Balaban J connectivity index is 1.52. The molecular weight excluding hydrogens is 369 g/mol. The van der Waals surface area contributed by atoms with Crippen LogP contribution in [0, 0.1) is 6.92 Å². The highest BCUT2D eigenvalue weighted by Gasteiger charge is 2.04. The molecule has 0 amide bonds. The predicted molar refractivity (Wildman–Crippen MR) is 107 cm³/mol. The maximum absolute atomic E-state index is 6.18. The number of hydrogen-bond acceptors (Lipinski definition) is 5. The largest absolute Gasteiger partial charge is 0.365 e. The van der Waals surface area contributed by atoms with Crippen LogP contribution in [0.5, 0.6) is 0 Å². The Morgan fingerprint density at radius 3 is 2.58 bits per heavy atom. The van der Waals surface area contributed by atoms with Crippen LogP contribution in [0.15, 0.2) is 48.7 Å². The Morgan fingerprint density at radius 1 is 1.00 bits per heavy atom. The zero-order valence-electron chi connectivity index (χ0n) is 14.3. The van der Waals surface area contributed by atoms with Gasteiger partial charge < -0.3 is 10.6 Å². The van der Waals surface area contributed by atoms with Gasteiger partial charge in [0, 0.05) is 23.1 Å². The number of nitrogens with zero attached hydrogens (tertiary/aromatic N) is 3. The number of aromatic nitrogens is 3. The molecule has 0 saturated heterocycles. The van der Waals surface area contributed by atoms with E-state index in [4.69, 9.17) is 23.2 Å². The molecule has 134 valence electrons. The van der Waals surface area contributed by atoms with Gasteiger partial charge in [-0.15, -0.1) is 5.10 Å². The van der Waals surface area contributed by atoms with Crippen LogP contribution in [-0.4, -0.2) is 21.7 Å². The van der Waals surface area contributed by atoms with Crippen LogP contribution in [0.25, 0.3) is 0 Å². The summed E-state index contributed by atoms with van der Waals surface area (Å²) in [5.74, 6) is 1.15. The zero-order chi connectivity index (χ0) is 18.4. The Morgan fingerprint density at radius 2 is 1.81 bits per heavy atom. The summed E-state index contributed by atoms with van der Waals surface area (Å²) in [5, 5.41) is 15.7. The van der Waals surface area contributed by atoms with Gasteiger partial charge in [0.2, 0.25) is 5.95 Å². The van der Waals surface area contributed by atoms with Gasteiger partial charge in [0.1, 0.15) is 0 Å². The van der Waals surface area contributed by atoms with Crippen LogP contribution in [0.2, 0.25) is 10.0 Å². The molecule has 0 fully saturated rings. The highest BCUT2D eigenvalue weighted by Crippen LogP contribution is 2.21. The molecule has 2 N–H and O–H groups in total. The number of anilines is 2. The second kappa shape index (κ2) is 8.83. The van der Waals surface area contributed by atoms with Gasteiger partial charge in [-0.1, -0.05) is 59.1 Å². The van der Waals surface area contributed by atoms with E-state index in [0.717, 1.165) is 12.0 Å². The van der Waals surface area contributed by atoms with Crippen molar-refractivity contribution in [3.05, 3.63) is 75.4 Å². The minimum Gasteiger partial charge on any atom is -0.365 e. The van der Waals surface area contributed by atoms with Gasteiger partial charge in [-0.05, 0) is 36.6 Å². The second-order valence-corrected chi connectivity index (χ2v) is 6.76. The summed E-state index contributed by atoms with van der Waals surface area (Å²) in [6.45, 7) is 3.39. The van der Waals surface area contributed by atoms with Crippen molar-refractivity contribution in [1.29, 1.82) is 0 Å².